The van der Waals surface area contributed by atoms with Crippen LogP contribution in [0.25, 0.3) is 0 Å². The highest BCUT2D eigenvalue weighted by atomic mass is 19.4. The number of alkyl halides is 5. The first-order valence-electron chi connectivity index (χ1n) is 15.4. The van der Waals surface area contributed by atoms with Gasteiger partial charge in [0.1, 0.15) is 23.6 Å². The molecule has 0 aromatic carbocycles. The number of pyridine rings is 1. The number of aromatic nitrogens is 3. The van der Waals surface area contributed by atoms with Crippen LogP contribution in [0.3, 0.4) is 0 Å². The number of carbonyl (C=O) groups is 3. The number of rotatable bonds is 10. The standard InChI is InChI=1S/C26H32F5N7O4/c1-3-38-17(7-11-33-38)22(39)36-21(15-4-8-25(27,28)9-5-15)23(40)35-20-12-16(6-10-32-20)18(14-42-2)37-13-19(26(29,30)31)34-24(37)41/h6-7,10-12,15,18-19,21H,3-5,8-9,13-14H2,1-2H3,(H,34,41)(H,36,39)(H,32,35,40)/t18-,19+,21+/m1/s1/i1D3,3D2. The van der Waals surface area contributed by atoms with E-state index in [1.807, 2.05) is 5.32 Å². The van der Waals surface area contributed by atoms with E-state index in [9.17, 15) is 36.3 Å². The van der Waals surface area contributed by atoms with Gasteiger partial charge in [0.25, 0.3) is 5.91 Å². The minimum absolute atomic E-state index is 0.148. The fourth-order valence-corrected chi connectivity index (χ4v) is 5.03. The number of hydrogen-bond acceptors (Lipinski definition) is 6. The molecule has 16 heteroatoms. The molecule has 4 amide bonds. The summed E-state index contributed by atoms with van der Waals surface area (Å²) in [6, 6.07) is -1.92. The summed E-state index contributed by atoms with van der Waals surface area (Å²) >= 11 is 0. The summed E-state index contributed by atoms with van der Waals surface area (Å²) in [7, 11) is 1.28. The van der Waals surface area contributed by atoms with Crippen molar-refractivity contribution in [3.63, 3.8) is 0 Å². The number of halogens is 5. The van der Waals surface area contributed by atoms with Crippen LogP contribution < -0.4 is 16.0 Å². The van der Waals surface area contributed by atoms with E-state index in [-0.39, 0.29) is 30.8 Å². The molecule has 3 heterocycles. The van der Waals surface area contributed by atoms with Gasteiger partial charge < -0.3 is 25.6 Å². The van der Waals surface area contributed by atoms with E-state index in [1.165, 1.54) is 25.4 Å². The van der Waals surface area contributed by atoms with Crippen molar-refractivity contribution >= 4 is 23.7 Å². The zero-order valence-electron chi connectivity index (χ0n) is 27.3. The third-order valence-electron chi connectivity index (χ3n) is 7.24. The molecule has 1 aliphatic heterocycles. The minimum Gasteiger partial charge on any atom is -0.382 e. The van der Waals surface area contributed by atoms with Gasteiger partial charge in [0.05, 0.1) is 21.9 Å². The lowest BCUT2D eigenvalue weighted by atomic mass is 9.81. The lowest BCUT2D eigenvalue weighted by Crippen LogP contribution is -2.50. The molecule has 11 nitrogen and oxygen atoms in total. The summed E-state index contributed by atoms with van der Waals surface area (Å²) in [5.41, 5.74) is -0.308. The third kappa shape index (κ3) is 7.14. The Balaban J connectivity index is 1.59. The first-order valence-corrected chi connectivity index (χ1v) is 12.9. The highest BCUT2D eigenvalue weighted by Gasteiger charge is 2.48. The largest absolute Gasteiger partial charge is 0.410 e. The van der Waals surface area contributed by atoms with Gasteiger partial charge in [-0.05, 0) is 49.4 Å². The summed E-state index contributed by atoms with van der Waals surface area (Å²) < 4.78 is 112. The number of amides is 4. The highest BCUT2D eigenvalue weighted by Crippen LogP contribution is 2.38. The summed E-state index contributed by atoms with van der Waals surface area (Å²) in [6.07, 6.45) is -4.04. The summed E-state index contributed by atoms with van der Waals surface area (Å²) in [5, 5.41) is 10.4. The molecule has 42 heavy (non-hydrogen) atoms. The number of carbonyl (C=O) groups excluding carboxylic acids is 3. The maximum Gasteiger partial charge on any atom is 0.410 e. The minimum atomic E-state index is -4.70. The second-order valence-corrected chi connectivity index (χ2v) is 10.0. The van der Waals surface area contributed by atoms with Crippen LogP contribution in [0.4, 0.5) is 32.6 Å². The van der Waals surface area contributed by atoms with Gasteiger partial charge in [0, 0.05) is 43.0 Å². The Hall–Kier alpha value is -3.82. The van der Waals surface area contributed by atoms with Gasteiger partial charge in [-0.2, -0.15) is 18.3 Å². The number of nitrogens with zero attached hydrogens (tertiary/aromatic N) is 4. The van der Waals surface area contributed by atoms with Crippen LogP contribution in [-0.2, 0) is 16.0 Å². The average molecular weight is 607 g/mol. The summed E-state index contributed by atoms with van der Waals surface area (Å²) in [4.78, 5) is 44.4. The Bertz CT molecular complexity index is 1470. The average Bonchev–Trinajstić information content (AvgIpc) is 3.62. The number of aryl methyl sites for hydroxylation is 1. The van der Waals surface area contributed by atoms with E-state index in [2.05, 4.69) is 20.7 Å². The molecule has 1 aliphatic carbocycles. The number of hydrogen-bond donors (Lipinski definition) is 3. The third-order valence-corrected chi connectivity index (χ3v) is 7.24. The van der Waals surface area contributed by atoms with Crippen LogP contribution in [0.5, 0.6) is 0 Å². The number of methoxy groups -OCH3 is 1. The molecule has 2 fully saturated rings. The molecule has 3 atom stereocenters. The van der Waals surface area contributed by atoms with Crippen LogP contribution in [0.15, 0.2) is 30.6 Å². The number of nitrogens with one attached hydrogen (secondary N) is 3. The maximum atomic E-state index is 14.0. The van der Waals surface area contributed by atoms with E-state index in [1.54, 1.807) is 0 Å². The summed E-state index contributed by atoms with van der Waals surface area (Å²) in [5.74, 6) is -5.98. The topological polar surface area (TPSA) is 130 Å². The van der Waals surface area contributed by atoms with Crippen molar-refractivity contribution in [2.24, 2.45) is 5.92 Å². The van der Waals surface area contributed by atoms with Gasteiger partial charge in [-0.25, -0.2) is 18.6 Å². The van der Waals surface area contributed by atoms with Crippen molar-refractivity contribution in [2.45, 2.75) is 69.3 Å². The zero-order chi connectivity index (χ0) is 34.9. The molecular formula is C26H32F5N7O4. The van der Waals surface area contributed by atoms with Crippen LogP contribution >= 0.6 is 0 Å². The van der Waals surface area contributed by atoms with Crippen molar-refractivity contribution in [1.82, 2.24) is 30.3 Å². The number of anilines is 1. The monoisotopic (exact) mass is 606 g/mol. The SMILES string of the molecule is [2H]C([2H])([2H])C([2H])([2H])n1nccc1C(=O)N[C@H](C(=O)Nc1cc([C@@H](COC)N2C[C@@H](C(F)(F)F)NC2=O)ccn1)C1CCC(F)(F)CC1. The maximum absolute atomic E-state index is 14.0. The molecular weight excluding hydrogens is 569 g/mol. The van der Waals surface area contributed by atoms with Crippen molar-refractivity contribution in [3.8, 4) is 0 Å². The molecule has 3 N–H and O–H groups in total. The molecule has 4 rings (SSSR count). The zero-order valence-corrected chi connectivity index (χ0v) is 22.3. The van der Waals surface area contributed by atoms with Gasteiger partial charge in [-0.15, -0.1) is 0 Å². The number of ether oxygens (including phenoxy) is 1. The van der Waals surface area contributed by atoms with Crippen LogP contribution in [0, 0.1) is 5.92 Å². The van der Waals surface area contributed by atoms with E-state index < -0.39 is 92.4 Å². The van der Waals surface area contributed by atoms with E-state index in [4.69, 9.17) is 11.6 Å². The fraction of sp³-hybridized carbons (Fsp3) is 0.577. The quantitative estimate of drug-likeness (QED) is 0.355. The Morgan fingerprint density at radius 1 is 1.29 bits per heavy atom. The molecule has 230 valence electrons. The molecule has 0 radical (unpaired) electrons. The van der Waals surface area contributed by atoms with Gasteiger partial charge in [0.15, 0.2) is 0 Å². The first kappa shape index (κ1) is 24.7. The second kappa shape index (κ2) is 12.6. The van der Waals surface area contributed by atoms with Crippen LogP contribution in [-0.4, -0.2) is 82.0 Å². The highest BCUT2D eigenvalue weighted by molar-refractivity contribution is 6.00. The second-order valence-electron chi connectivity index (χ2n) is 10.0. The Morgan fingerprint density at radius 3 is 2.67 bits per heavy atom. The lowest BCUT2D eigenvalue weighted by Gasteiger charge is -2.33. The van der Waals surface area contributed by atoms with Gasteiger partial charge in [-0.3, -0.25) is 14.3 Å². The van der Waals surface area contributed by atoms with Gasteiger partial charge in [-0.1, -0.05) is 0 Å². The molecule has 0 spiro atoms. The van der Waals surface area contributed by atoms with Crippen LogP contribution in [0.2, 0.25) is 0 Å². The smallest absolute Gasteiger partial charge is 0.382 e. The van der Waals surface area contributed by atoms with Crippen molar-refractivity contribution in [3.05, 3.63) is 41.9 Å². The van der Waals surface area contributed by atoms with Crippen LogP contribution in [0.1, 0.15) is 61.5 Å². The summed E-state index contributed by atoms with van der Waals surface area (Å²) in [6.45, 7) is -7.29. The van der Waals surface area contributed by atoms with E-state index >= 15 is 0 Å². The molecule has 1 saturated carbocycles. The fourth-order valence-electron chi connectivity index (χ4n) is 5.03. The van der Waals surface area contributed by atoms with Gasteiger partial charge in [0.2, 0.25) is 11.8 Å². The molecule has 0 unspecified atom stereocenters. The van der Waals surface area contributed by atoms with Gasteiger partial charge >= 0.3 is 12.2 Å². The van der Waals surface area contributed by atoms with Crippen molar-refractivity contribution in [2.75, 3.05) is 25.6 Å². The number of urea groups is 1. The lowest BCUT2D eigenvalue weighted by molar-refractivity contribution is -0.150. The Labute approximate surface area is 245 Å². The molecule has 2 aromatic heterocycles. The Morgan fingerprint density at radius 2 is 2.02 bits per heavy atom. The van der Waals surface area contributed by atoms with Crippen molar-refractivity contribution < 1.29 is 47.9 Å². The van der Waals surface area contributed by atoms with Crippen molar-refractivity contribution in [1.29, 1.82) is 0 Å². The predicted molar refractivity (Wildman–Crippen MR) is 139 cm³/mol. The first-order chi connectivity index (χ1) is 21.7. The molecule has 1 saturated heterocycles. The normalized spacial score (nSPS) is 23.0. The molecule has 2 aliphatic rings. The van der Waals surface area contributed by atoms with E-state index in [0.717, 1.165) is 17.2 Å². The Kier molecular flexibility index (Phi) is 7.42. The molecule has 0 bridgehead atoms. The van der Waals surface area contributed by atoms with E-state index in [0.29, 0.717) is 4.68 Å². The predicted octanol–water partition coefficient (Wildman–Crippen LogP) is 3.50. The molecule has 2 aromatic rings.